The van der Waals surface area contributed by atoms with Crippen LogP contribution in [-0.2, 0) is 11.2 Å². The van der Waals surface area contributed by atoms with E-state index in [0.29, 0.717) is 11.7 Å². The maximum atomic E-state index is 11.5. The molecule has 1 nitrogen and oxygen atoms in total. The third kappa shape index (κ3) is 5.73. The second kappa shape index (κ2) is 6.78. The Hall–Kier alpha value is -0.630. The van der Waals surface area contributed by atoms with Crippen molar-refractivity contribution in [3.63, 3.8) is 0 Å². The highest BCUT2D eigenvalue weighted by Gasteiger charge is 2.04. The quantitative estimate of drug-likeness (QED) is 0.682. The molecule has 0 spiro atoms. The van der Waals surface area contributed by atoms with E-state index < -0.39 is 0 Å². The highest BCUT2D eigenvalue weighted by molar-refractivity contribution is 7.09. The van der Waals surface area contributed by atoms with Crippen molar-refractivity contribution in [2.24, 2.45) is 5.92 Å². The first-order valence-electron chi connectivity index (χ1n) is 5.72. The van der Waals surface area contributed by atoms with Crippen LogP contribution in [0.1, 0.15) is 44.4 Å². The van der Waals surface area contributed by atoms with Gasteiger partial charge in [0, 0.05) is 17.7 Å². The van der Waals surface area contributed by atoms with Gasteiger partial charge < -0.3 is 0 Å². The van der Waals surface area contributed by atoms with E-state index in [4.69, 9.17) is 0 Å². The molecule has 0 aromatic carbocycles. The number of Topliss-reactive ketones (excluding diaryl/α,β-unsaturated/α-hetero) is 1. The molecular formula is C13H20OS. The SMILES string of the molecule is CC(C)CCC(=O)CCCc1cccs1. The Morgan fingerprint density at radius 2 is 2.20 bits per heavy atom. The Labute approximate surface area is 96.5 Å². The summed E-state index contributed by atoms with van der Waals surface area (Å²) in [6.45, 7) is 4.33. The van der Waals surface area contributed by atoms with Gasteiger partial charge in [-0.1, -0.05) is 19.9 Å². The number of ketones is 1. The average molecular weight is 224 g/mol. The van der Waals surface area contributed by atoms with Crippen LogP contribution in [0.15, 0.2) is 17.5 Å². The highest BCUT2D eigenvalue weighted by atomic mass is 32.1. The van der Waals surface area contributed by atoms with Crippen molar-refractivity contribution in [1.29, 1.82) is 0 Å². The van der Waals surface area contributed by atoms with Gasteiger partial charge in [0.1, 0.15) is 5.78 Å². The maximum Gasteiger partial charge on any atom is 0.132 e. The van der Waals surface area contributed by atoms with Crippen molar-refractivity contribution < 1.29 is 4.79 Å². The predicted octanol–water partition coefficient (Wildman–Crippen LogP) is 4.08. The van der Waals surface area contributed by atoms with Crippen LogP contribution in [0, 0.1) is 5.92 Å². The van der Waals surface area contributed by atoms with E-state index in [1.165, 1.54) is 4.88 Å². The fraction of sp³-hybridized carbons (Fsp3) is 0.615. The molecule has 0 amide bonds. The lowest BCUT2D eigenvalue weighted by Gasteiger charge is -2.03. The molecule has 0 unspecified atom stereocenters. The first-order valence-corrected chi connectivity index (χ1v) is 6.60. The lowest BCUT2D eigenvalue weighted by Crippen LogP contribution is -2.00. The van der Waals surface area contributed by atoms with Crippen LogP contribution in [0.5, 0.6) is 0 Å². The van der Waals surface area contributed by atoms with Crippen molar-refractivity contribution >= 4 is 17.1 Å². The molecular weight excluding hydrogens is 204 g/mol. The van der Waals surface area contributed by atoms with Crippen molar-refractivity contribution in [1.82, 2.24) is 0 Å². The third-order valence-electron chi connectivity index (χ3n) is 2.46. The highest BCUT2D eigenvalue weighted by Crippen LogP contribution is 2.13. The number of hydrogen-bond donors (Lipinski definition) is 0. The fourth-order valence-electron chi connectivity index (χ4n) is 1.49. The summed E-state index contributed by atoms with van der Waals surface area (Å²) in [6.07, 6.45) is 4.63. The zero-order valence-electron chi connectivity index (χ0n) is 9.66. The zero-order chi connectivity index (χ0) is 11.1. The van der Waals surface area contributed by atoms with Gasteiger partial charge in [0.2, 0.25) is 0 Å². The monoisotopic (exact) mass is 224 g/mol. The molecule has 0 aliphatic carbocycles. The van der Waals surface area contributed by atoms with Gasteiger partial charge in [-0.05, 0) is 36.6 Å². The summed E-state index contributed by atoms with van der Waals surface area (Å²) in [5, 5.41) is 2.09. The van der Waals surface area contributed by atoms with Gasteiger partial charge in [-0.2, -0.15) is 0 Å². The molecule has 1 heterocycles. The molecule has 0 saturated carbocycles. The number of hydrogen-bond acceptors (Lipinski definition) is 2. The van der Waals surface area contributed by atoms with Crippen LogP contribution in [0.4, 0.5) is 0 Å². The van der Waals surface area contributed by atoms with Gasteiger partial charge in [0.25, 0.3) is 0 Å². The molecule has 0 bridgehead atoms. The molecule has 1 aromatic heterocycles. The van der Waals surface area contributed by atoms with E-state index in [1.807, 2.05) is 0 Å². The Balaban J connectivity index is 2.07. The largest absolute Gasteiger partial charge is 0.300 e. The van der Waals surface area contributed by atoms with Gasteiger partial charge in [0.15, 0.2) is 0 Å². The number of thiophene rings is 1. The number of rotatable bonds is 7. The van der Waals surface area contributed by atoms with Crippen LogP contribution < -0.4 is 0 Å². The second-order valence-electron chi connectivity index (χ2n) is 4.40. The first kappa shape index (κ1) is 12.4. The van der Waals surface area contributed by atoms with Gasteiger partial charge in [-0.15, -0.1) is 11.3 Å². The molecule has 1 rings (SSSR count). The molecule has 2 heteroatoms. The summed E-state index contributed by atoms with van der Waals surface area (Å²) in [4.78, 5) is 12.9. The van der Waals surface area contributed by atoms with Crippen LogP contribution in [0.25, 0.3) is 0 Å². The second-order valence-corrected chi connectivity index (χ2v) is 5.44. The normalized spacial score (nSPS) is 10.9. The van der Waals surface area contributed by atoms with Crippen molar-refractivity contribution in [2.75, 3.05) is 0 Å². The van der Waals surface area contributed by atoms with Crippen molar-refractivity contribution in [3.05, 3.63) is 22.4 Å². The van der Waals surface area contributed by atoms with E-state index in [2.05, 4.69) is 31.4 Å². The van der Waals surface area contributed by atoms with E-state index in [9.17, 15) is 4.79 Å². The lowest BCUT2D eigenvalue weighted by molar-refractivity contribution is -0.119. The van der Waals surface area contributed by atoms with Gasteiger partial charge in [-0.3, -0.25) is 4.79 Å². The lowest BCUT2D eigenvalue weighted by atomic mass is 10.0. The number of carbonyl (C=O) groups excluding carboxylic acids is 1. The van der Waals surface area contributed by atoms with E-state index >= 15 is 0 Å². The van der Waals surface area contributed by atoms with Crippen LogP contribution in [0.2, 0.25) is 0 Å². The molecule has 0 atom stereocenters. The number of aryl methyl sites for hydroxylation is 1. The molecule has 15 heavy (non-hydrogen) atoms. The Morgan fingerprint density at radius 1 is 1.40 bits per heavy atom. The summed E-state index contributed by atoms with van der Waals surface area (Å²) in [5.74, 6) is 1.08. The van der Waals surface area contributed by atoms with Crippen LogP contribution >= 0.6 is 11.3 Å². The Bertz CT molecular complexity index is 275. The predicted molar refractivity (Wildman–Crippen MR) is 66.3 cm³/mol. The molecule has 0 radical (unpaired) electrons. The molecule has 0 aliphatic rings. The molecule has 84 valence electrons. The Kier molecular flexibility index (Phi) is 5.62. The Morgan fingerprint density at radius 3 is 2.80 bits per heavy atom. The van der Waals surface area contributed by atoms with E-state index in [-0.39, 0.29) is 0 Å². The average Bonchev–Trinajstić information content (AvgIpc) is 2.67. The van der Waals surface area contributed by atoms with Crippen LogP contribution in [-0.4, -0.2) is 5.78 Å². The molecule has 1 aromatic rings. The summed E-state index contributed by atoms with van der Waals surface area (Å²) >= 11 is 1.78. The molecule has 0 aliphatic heterocycles. The summed E-state index contributed by atoms with van der Waals surface area (Å²) in [7, 11) is 0. The van der Waals surface area contributed by atoms with E-state index in [0.717, 1.165) is 32.1 Å². The van der Waals surface area contributed by atoms with Crippen LogP contribution in [0.3, 0.4) is 0 Å². The minimum absolute atomic E-state index is 0.431. The standard InChI is InChI=1S/C13H20OS/c1-11(2)8-9-12(14)5-3-6-13-7-4-10-15-13/h4,7,10-11H,3,5-6,8-9H2,1-2H3. The summed E-state index contributed by atoms with van der Waals surface area (Å²) < 4.78 is 0. The first-order chi connectivity index (χ1) is 7.18. The molecule has 0 N–H and O–H groups in total. The van der Waals surface area contributed by atoms with Gasteiger partial charge >= 0.3 is 0 Å². The van der Waals surface area contributed by atoms with E-state index in [1.54, 1.807) is 11.3 Å². The van der Waals surface area contributed by atoms with Crippen molar-refractivity contribution in [2.45, 2.75) is 46.0 Å². The fourth-order valence-corrected chi connectivity index (χ4v) is 2.24. The van der Waals surface area contributed by atoms with Gasteiger partial charge in [-0.25, -0.2) is 0 Å². The topological polar surface area (TPSA) is 17.1 Å². The minimum Gasteiger partial charge on any atom is -0.300 e. The zero-order valence-corrected chi connectivity index (χ0v) is 10.5. The third-order valence-corrected chi connectivity index (χ3v) is 3.40. The van der Waals surface area contributed by atoms with Gasteiger partial charge in [0.05, 0.1) is 0 Å². The smallest absolute Gasteiger partial charge is 0.132 e. The van der Waals surface area contributed by atoms with Crippen molar-refractivity contribution in [3.8, 4) is 0 Å². The summed E-state index contributed by atoms with van der Waals surface area (Å²) in [6, 6.07) is 4.21. The molecule has 0 fully saturated rings. The molecule has 0 saturated heterocycles. The summed E-state index contributed by atoms with van der Waals surface area (Å²) in [5.41, 5.74) is 0. The minimum atomic E-state index is 0.431. The number of carbonyl (C=O) groups is 1. The maximum absolute atomic E-state index is 11.5.